The highest BCUT2D eigenvalue weighted by Gasteiger charge is 2.44. The molecule has 6 nitrogen and oxygen atoms in total. The first-order chi connectivity index (χ1) is 8.96. The second kappa shape index (κ2) is 4.79. The van der Waals surface area contributed by atoms with Gasteiger partial charge in [0.2, 0.25) is 0 Å². The van der Waals surface area contributed by atoms with Crippen LogP contribution in [-0.2, 0) is 15.1 Å². The van der Waals surface area contributed by atoms with Crippen molar-refractivity contribution < 1.29 is 24.2 Å². The Labute approximate surface area is 110 Å². The van der Waals surface area contributed by atoms with Crippen LogP contribution in [0.2, 0.25) is 0 Å². The molecule has 1 aromatic rings. The summed E-state index contributed by atoms with van der Waals surface area (Å²) < 4.78 is 10.6. The fourth-order valence-corrected chi connectivity index (χ4v) is 2.22. The molecule has 0 aromatic heterocycles. The van der Waals surface area contributed by atoms with E-state index in [1.165, 1.54) is 7.11 Å². The van der Waals surface area contributed by atoms with Gasteiger partial charge < -0.3 is 14.6 Å². The molecule has 0 radical (unpaired) electrons. The number of hydrogen-bond acceptors (Lipinski definition) is 4. The Kier molecular flexibility index (Phi) is 3.33. The van der Waals surface area contributed by atoms with E-state index in [0.29, 0.717) is 5.75 Å². The van der Waals surface area contributed by atoms with Gasteiger partial charge in [-0.05, 0) is 13.0 Å². The molecule has 1 aliphatic heterocycles. The highest BCUT2D eigenvalue weighted by Crippen LogP contribution is 2.37. The van der Waals surface area contributed by atoms with Crippen LogP contribution in [0.15, 0.2) is 24.3 Å². The van der Waals surface area contributed by atoms with Crippen LogP contribution in [0.1, 0.15) is 12.5 Å². The van der Waals surface area contributed by atoms with Gasteiger partial charge in [-0.1, -0.05) is 18.2 Å². The van der Waals surface area contributed by atoms with Crippen molar-refractivity contribution in [2.45, 2.75) is 12.5 Å². The highest BCUT2D eigenvalue weighted by atomic mass is 16.6. The minimum absolute atomic E-state index is 0.179. The van der Waals surface area contributed by atoms with Gasteiger partial charge in [-0.2, -0.15) is 0 Å². The Morgan fingerprint density at radius 3 is 2.84 bits per heavy atom. The molecule has 1 fully saturated rings. The standard InChI is InChI=1S/C13H15NO5/c1-13(9-5-3-4-6-10(9)18-2)8-14(7-11(15)16)12(17)19-13/h3-6H,7-8H2,1-2H3,(H,15,16). The maximum absolute atomic E-state index is 11.7. The summed E-state index contributed by atoms with van der Waals surface area (Å²) in [6.07, 6.45) is -0.629. The number of aliphatic carboxylic acids is 1. The molecule has 1 aliphatic rings. The third-order valence-electron chi connectivity index (χ3n) is 3.07. The molecule has 0 aliphatic carbocycles. The maximum Gasteiger partial charge on any atom is 0.411 e. The van der Waals surface area contributed by atoms with E-state index in [0.717, 1.165) is 10.5 Å². The molecule has 1 aromatic carbocycles. The summed E-state index contributed by atoms with van der Waals surface area (Å²) >= 11 is 0. The van der Waals surface area contributed by atoms with Crippen molar-refractivity contribution in [2.75, 3.05) is 20.2 Å². The van der Waals surface area contributed by atoms with Crippen LogP contribution in [0.25, 0.3) is 0 Å². The number of para-hydroxylation sites is 1. The number of benzene rings is 1. The average molecular weight is 265 g/mol. The molecule has 1 N–H and O–H groups in total. The summed E-state index contributed by atoms with van der Waals surface area (Å²) in [4.78, 5) is 23.6. The Hall–Kier alpha value is -2.24. The molecule has 1 saturated heterocycles. The molecule has 2 rings (SSSR count). The third-order valence-corrected chi connectivity index (χ3v) is 3.07. The Balaban J connectivity index is 2.29. The molecule has 19 heavy (non-hydrogen) atoms. The highest BCUT2D eigenvalue weighted by molar-refractivity contribution is 5.78. The predicted octanol–water partition coefficient (Wildman–Crippen LogP) is 1.45. The first-order valence-corrected chi connectivity index (χ1v) is 5.79. The number of rotatable bonds is 4. The number of cyclic esters (lactones) is 1. The molecular weight excluding hydrogens is 250 g/mol. The number of carboxylic acids is 1. The zero-order chi connectivity index (χ0) is 14.0. The number of methoxy groups -OCH3 is 1. The summed E-state index contributed by atoms with van der Waals surface area (Å²) in [6.45, 7) is 1.55. The van der Waals surface area contributed by atoms with E-state index in [4.69, 9.17) is 14.6 Å². The Bertz CT molecular complexity index is 516. The fraction of sp³-hybridized carbons (Fsp3) is 0.385. The van der Waals surface area contributed by atoms with Gasteiger partial charge in [-0.3, -0.25) is 9.69 Å². The summed E-state index contributed by atoms with van der Waals surface area (Å²) in [5.41, 5.74) is -0.183. The molecular formula is C13H15NO5. The normalized spacial score (nSPS) is 22.2. The van der Waals surface area contributed by atoms with E-state index in [9.17, 15) is 9.59 Å². The van der Waals surface area contributed by atoms with E-state index < -0.39 is 17.7 Å². The summed E-state index contributed by atoms with van der Waals surface area (Å²) in [7, 11) is 1.54. The minimum atomic E-state index is -1.07. The molecule has 0 saturated carbocycles. The third kappa shape index (κ3) is 2.47. The number of carbonyl (C=O) groups excluding carboxylic acids is 1. The second-order valence-corrected chi connectivity index (χ2v) is 4.55. The number of nitrogens with zero attached hydrogens (tertiary/aromatic N) is 1. The van der Waals surface area contributed by atoms with Gasteiger partial charge in [0.05, 0.1) is 13.7 Å². The SMILES string of the molecule is COc1ccccc1C1(C)CN(CC(=O)O)C(=O)O1. The molecule has 0 spiro atoms. The lowest BCUT2D eigenvalue weighted by Gasteiger charge is -2.24. The molecule has 102 valence electrons. The smallest absolute Gasteiger partial charge is 0.411 e. The first kappa shape index (κ1) is 13.2. The fourth-order valence-electron chi connectivity index (χ4n) is 2.22. The van der Waals surface area contributed by atoms with Crippen LogP contribution in [0.4, 0.5) is 4.79 Å². The molecule has 1 amide bonds. The van der Waals surface area contributed by atoms with Crippen LogP contribution in [0.5, 0.6) is 5.75 Å². The van der Waals surface area contributed by atoms with Crippen molar-refractivity contribution in [1.29, 1.82) is 0 Å². The van der Waals surface area contributed by atoms with Crippen molar-refractivity contribution in [2.24, 2.45) is 0 Å². The zero-order valence-corrected chi connectivity index (χ0v) is 10.8. The van der Waals surface area contributed by atoms with Crippen molar-refractivity contribution in [1.82, 2.24) is 4.90 Å². The van der Waals surface area contributed by atoms with Crippen molar-refractivity contribution >= 4 is 12.1 Å². The summed E-state index contributed by atoms with van der Waals surface area (Å²) in [5, 5.41) is 8.76. The topological polar surface area (TPSA) is 76.1 Å². The van der Waals surface area contributed by atoms with E-state index >= 15 is 0 Å². The van der Waals surface area contributed by atoms with Gasteiger partial charge in [0.1, 0.15) is 12.3 Å². The Morgan fingerprint density at radius 2 is 2.21 bits per heavy atom. The number of amides is 1. The zero-order valence-electron chi connectivity index (χ0n) is 10.8. The average Bonchev–Trinajstić information content (AvgIpc) is 2.64. The molecule has 6 heteroatoms. The van der Waals surface area contributed by atoms with E-state index in [1.54, 1.807) is 19.1 Å². The lowest BCUT2D eigenvalue weighted by Crippen LogP contribution is -2.33. The van der Waals surface area contributed by atoms with Crippen molar-refractivity contribution in [3.8, 4) is 5.75 Å². The van der Waals surface area contributed by atoms with Crippen LogP contribution in [0.3, 0.4) is 0 Å². The van der Waals surface area contributed by atoms with Gasteiger partial charge >= 0.3 is 12.1 Å². The van der Waals surface area contributed by atoms with Gasteiger partial charge in [-0.15, -0.1) is 0 Å². The van der Waals surface area contributed by atoms with Gasteiger partial charge in [0.15, 0.2) is 5.60 Å². The van der Waals surface area contributed by atoms with Gasteiger partial charge in [0.25, 0.3) is 0 Å². The molecule has 1 unspecified atom stereocenters. The van der Waals surface area contributed by atoms with Crippen LogP contribution >= 0.6 is 0 Å². The van der Waals surface area contributed by atoms with Crippen LogP contribution < -0.4 is 4.74 Å². The Morgan fingerprint density at radius 1 is 1.53 bits per heavy atom. The first-order valence-electron chi connectivity index (χ1n) is 5.79. The molecule has 1 heterocycles. The second-order valence-electron chi connectivity index (χ2n) is 4.55. The van der Waals surface area contributed by atoms with Crippen molar-refractivity contribution in [3.63, 3.8) is 0 Å². The van der Waals surface area contributed by atoms with Gasteiger partial charge in [-0.25, -0.2) is 4.79 Å². The molecule has 0 bridgehead atoms. The lowest BCUT2D eigenvalue weighted by atomic mass is 9.95. The monoisotopic (exact) mass is 265 g/mol. The van der Waals surface area contributed by atoms with Gasteiger partial charge in [0, 0.05) is 5.56 Å². The number of carboxylic acid groups (broad SMARTS) is 1. The largest absolute Gasteiger partial charge is 0.496 e. The van der Waals surface area contributed by atoms with Crippen LogP contribution in [-0.4, -0.2) is 42.3 Å². The van der Waals surface area contributed by atoms with E-state index in [-0.39, 0.29) is 13.1 Å². The minimum Gasteiger partial charge on any atom is -0.496 e. The maximum atomic E-state index is 11.7. The summed E-state index contributed by atoms with van der Waals surface area (Å²) in [5.74, 6) is -0.462. The number of ether oxygens (including phenoxy) is 2. The van der Waals surface area contributed by atoms with Crippen LogP contribution in [0, 0.1) is 0 Å². The number of hydrogen-bond donors (Lipinski definition) is 1. The summed E-state index contributed by atoms with van der Waals surface area (Å²) in [6, 6.07) is 7.21. The van der Waals surface area contributed by atoms with Crippen molar-refractivity contribution in [3.05, 3.63) is 29.8 Å². The number of carbonyl (C=O) groups is 2. The lowest BCUT2D eigenvalue weighted by molar-refractivity contribution is -0.137. The quantitative estimate of drug-likeness (QED) is 0.891. The van der Waals surface area contributed by atoms with E-state index in [1.807, 2.05) is 12.1 Å². The van der Waals surface area contributed by atoms with E-state index in [2.05, 4.69) is 0 Å². The molecule has 1 atom stereocenters. The predicted molar refractivity (Wildman–Crippen MR) is 66.0 cm³/mol.